The minimum Gasteiger partial charge on any atom is -0.465 e. The lowest BCUT2D eigenvalue weighted by Crippen LogP contribution is -2.43. The minimum atomic E-state index is -0.384. The normalized spacial score (nSPS) is 22.8. The molecule has 104 valence electrons. The molecule has 1 aliphatic rings. The molecule has 0 bridgehead atoms. The van der Waals surface area contributed by atoms with Gasteiger partial charge >= 0.3 is 5.97 Å². The van der Waals surface area contributed by atoms with Gasteiger partial charge in [0.15, 0.2) is 0 Å². The van der Waals surface area contributed by atoms with Crippen molar-refractivity contribution in [2.75, 3.05) is 31.4 Å². The SMILES string of the molecule is COC(=O)c1ccc(NC2(C)CCCOC2)c(N)c1. The van der Waals surface area contributed by atoms with E-state index in [1.807, 2.05) is 0 Å². The number of esters is 1. The maximum absolute atomic E-state index is 11.4. The Morgan fingerprint density at radius 1 is 1.53 bits per heavy atom. The predicted octanol–water partition coefficient (Wildman–Crippen LogP) is 2.04. The topological polar surface area (TPSA) is 73.6 Å². The summed E-state index contributed by atoms with van der Waals surface area (Å²) in [6.45, 7) is 3.58. The number of methoxy groups -OCH3 is 1. The molecule has 1 aliphatic heterocycles. The number of anilines is 2. The van der Waals surface area contributed by atoms with E-state index < -0.39 is 0 Å². The Bertz CT molecular complexity index is 468. The van der Waals surface area contributed by atoms with E-state index in [1.54, 1.807) is 18.2 Å². The van der Waals surface area contributed by atoms with Crippen LogP contribution in [0.5, 0.6) is 0 Å². The minimum absolute atomic E-state index is 0.112. The second-order valence-electron chi connectivity index (χ2n) is 5.14. The van der Waals surface area contributed by atoms with Crippen LogP contribution in [0, 0.1) is 0 Å². The van der Waals surface area contributed by atoms with Crippen LogP contribution < -0.4 is 11.1 Å². The van der Waals surface area contributed by atoms with Gasteiger partial charge in [-0.1, -0.05) is 0 Å². The highest BCUT2D eigenvalue weighted by molar-refractivity contribution is 5.91. The number of carbonyl (C=O) groups excluding carboxylic acids is 1. The highest BCUT2D eigenvalue weighted by Crippen LogP contribution is 2.28. The lowest BCUT2D eigenvalue weighted by molar-refractivity contribution is 0.0540. The van der Waals surface area contributed by atoms with Crippen molar-refractivity contribution in [2.45, 2.75) is 25.3 Å². The lowest BCUT2D eigenvalue weighted by atomic mass is 9.94. The Labute approximate surface area is 113 Å². The molecule has 19 heavy (non-hydrogen) atoms. The van der Waals surface area contributed by atoms with E-state index in [9.17, 15) is 4.79 Å². The van der Waals surface area contributed by atoms with E-state index >= 15 is 0 Å². The number of nitrogens with two attached hydrogens (primary N) is 1. The summed E-state index contributed by atoms with van der Waals surface area (Å²) in [5.41, 5.74) is 7.68. The van der Waals surface area contributed by atoms with E-state index in [0.717, 1.165) is 25.1 Å². The zero-order chi connectivity index (χ0) is 13.9. The van der Waals surface area contributed by atoms with Crippen molar-refractivity contribution in [3.05, 3.63) is 23.8 Å². The van der Waals surface area contributed by atoms with E-state index in [0.29, 0.717) is 17.9 Å². The lowest BCUT2D eigenvalue weighted by Gasteiger charge is -2.35. The first-order valence-corrected chi connectivity index (χ1v) is 6.38. The average Bonchev–Trinajstić information content (AvgIpc) is 2.41. The van der Waals surface area contributed by atoms with Crippen LogP contribution >= 0.6 is 0 Å². The van der Waals surface area contributed by atoms with E-state index in [-0.39, 0.29) is 11.5 Å². The molecule has 1 atom stereocenters. The summed E-state index contributed by atoms with van der Waals surface area (Å²) in [6.07, 6.45) is 2.06. The molecular formula is C14H20N2O3. The quantitative estimate of drug-likeness (QED) is 0.645. The fraction of sp³-hybridized carbons (Fsp3) is 0.500. The first-order chi connectivity index (χ1) is 9.04. The number of carbonyl (C=O) groups is 1. The number of rotatable bonds is 3. The summed E-state index contributed by atoms with van der Waals surface area (Å²) in [5, 5.41) is 3.41. The van der Waals surface area contributed by atoms with Gasteiger partial charge in [-0.2, -0.15) is 0 Å². The largest absolute Gasteiger partial charge is 0.465 e. The number of nitrogen functional groups attached to an aromatic ring is 1. The predicted molar refractivity (Wildman–Crippen MR) is 74.3 cm³/mol. The third-order valence-electron chi connectivity index (χ3n) is 3.35. The second kappa shape index (κ2) is 5.48. The molecule has 1 heterocycles. The molecule has 0 spiro atoms. The third-order valence-corrected chi connectivity index (χ3v) is 3.35. The Balaban J connectivity index is 2.15. The van der Waals surface area contributed by atoms with Crippen molar-refractivity contribution >= 4 is 17.3 Å². The molecule has 2 rings (SSSR count). The molecule has 0 saturated carbocycles. The number of nitrogens with one attached hydrogen (secondary N) is 1. The van der Waals surface area contributed by atoms with Gasteiger partial charge < -0.3 is 20.5 Å². The Hall–Kier alpha value is -1.75. The van der Waals surface area contributed by atoms with Crippen LogP contribution in [0.3, 0.4) is 0 Å². The molecule has 0 amide bonds. The molecule has 3 N–H and O–H groups in total. The zero-order valence-electron chi connectivity index (χ0n) is 11.4. The van der Waals surface area contributed by atoms with Crippen molar-refractivity contribution in [1.82, 2.24) is 0 Å². The molecule has 1 saturated heterocycles. The van der Waals surface area contributed by atoms with Crippen molar-refractivity contribution in [2.24, 2.45) is 0 Å². The molecule has 5 nitrogen and oxygen atoms in total. The molecule has 0 aliphatic carbocycles. The monoisotopic (exact) mass is 264 g/mol. The van der Waals surface area contributed by atoms with E-state index in [4.69, 9.17) is 10.5 Å². The van der Waals surface area contributed by atoms with Crippen LogP contribution in [0.4, 0.5) is 11.4 Å². The standard InChI is InChI=1S/C14H20N2O3/c1-14(6-3-7-19-9-14)16-12-5-4-10(8-11(12)15)13(17)18-2/h4-5,8,16H,3,6-7,9,15H2,1-2H3. The van der Waals surface area contributed by atoms with Crippen molar-refractivity contribution in [3.63, 3.8) is 0 Å². The Morgan fingerprint density at radius 2 is 2.32 bits per heavy atom. The summed E-state index contributed by atoms with van der Waals surface area (Å²) in [5.74, 6) is -0.384. The van der Waals surface area contributed by atoms with E-state index in [2.05, 4.69) is 17.0 Å². The molecule has 5 heteroatoms. The highest BCUT2D eigenvalue weighted by Gasteiger charge is 2.27. The molecule has 1 fully saturated rings. The van der Waals surface area contributed by atoms with Crippen molar-refractivity contribution < 1.29 is 14.3 Å². The van der Waals surface area contributed by atoms with Gasteiger partial charge in [0.25, 0.3) is 0 Å². The summed E-state index contributed by atoms with van der Waals surface area (Å²) < 4.78 is 10.2. The van der Waals surface area contributed by atoms with Gasteiger partial charge in [0, 0.05) is 6.61 Å². The maximum Gasteiger partial charge on any atom is 0.337 e. The Morgan fingerprint density at radius 3 is 2.89 bits per heavy atom. The molecular weight excluding hydrogens is 244 g/mol. The second-order valence-corrected chi connectivity index (χ2v) is 5.14. The number of hydrogen-bond acceptors (Lipinski definition) is 5. The summed E-state index contributed by atoms with van der Waals surface area (Å²) in [4.78, 5) is 11.4. The van der Waals surface area contributed by atoms with Gasteiger partial charge in [0.1, 0.15) is 0 Å². The summed E-state index contributed by atoms with van der Waals surface area (Å²) >= 11 is 0. The third kappa shape index (κ3) is 3.17. The zero-order valence-corrected chi connectivity index (χ0v) is 11.4. The van der Waals surface area contributed by atoms with Crippen molar-refractivity contribution in [1.29, 1.82) is 0 Å². The summed E-state index contributed by atoms with van der Waals surface area (Å²) in [7, 11) is 1.35. The van der Waals surface area contributed by atoms with Gasteiger partial charge in [0.05, 0.1) is 36.2 Å². The first kappa shape index (κ1) is 13.7. The fourth-order valence-corrected chi connectivity index (χ4v) is 2.28. The molecule has 0 aromatic heterocycles. The summed E-state index contributed by atoms with van der Waals surface area (Å²) in [6, 6.07) is 5.14. The van der Waals surface area contributed by atoms with E-state index in [1.165, 1.54) is 7.11 Å². The van der Waals surface area contributed by atoms with Crippen LogP contribution in [0.1, 0.15) is 30.1 Å². The van der Waals surface area contributed by atoms with Crippen LogP contribution in [0.2, 0.25) is 0 Å². The van der Waals surface area contributed by atoms with Gasteiger partial charge in [0.2, 0.25) is 0 Å². The molecule has 0 radical (unpaired) electrons. The van der Waals surface area contributed by atoms with Crippen LogP contribution in [-0.4, -0.2) is 31.8 Å². The number of ether oxygens (including phenoxy) is 2. The maximum atomic E-state index is 11.4. The number of hydrogen-bond donors (Lipinski definition) is 2. The molecule has 1 aromatic rings. The van der Waals surface area contributed by atoms with Gasteiger partial charge in [-0.15, -0.1) is 0 Å². The van der Waals surface area contributed by atoms with Crippen LogP contribution in [0.25, 0.3) is 0 Å². The number of benzene rings is 1. The average molecular weight is 264 g/mol. The molecule has 1 unspecified atom stereocenters. The van der Waals surface area contributed by atoms with Crippen LogP contribution in [-0.2, 0) is 9.47 Å². The van der Waals surface area contributed by atoms with Crippen LogP contribution in [0.15, 0.2) is 18.2 Å². The van der Waals surface area contributed by atoms with Gasteiger partial charge in [-0.05, 0) is 38.0 Å². The van der Waals surface area contributed by atoms with Gasteiger partial charge in [-0.3, -0.25) is 0 Å². The van der Waals surface area contributed by atoms with Crippen molar-refractivity contribution in [3.8, 4) is 0 Å². The smallest absolute Gasteiger partial charge is 0.337 e. The first-order valence-electron chi connectivity index (χ1n) is 6.38. The Kier molecular flexibility index (Phi) is 3.95. The highest BCUT2D eigenvalue weighted by atomic mass is 16.5. The van der Waals surface area contributed by atoms with Gasteiger partial charge in [-0.25, -0.2) is 4.79 Å². The molecule has 1 aromatic carbocycles. The fourth-order valence-electron chi connectivity index (χ4n) is 2.28.